The van der Waals surface area contributed by atoms with Crippen LogP contribution in [-0.2, 0) is 6.54 Å². The van der Waals surface area contributed by atoms with E-state index < -0.39 is 0 Å². The molecule has 1 heterocycles. The fourth-order valence-electron chi connectivity index (χ4n) is 1.41. The fourth-order valence-corrected chi connectivity index (χ4v) is 2.39. The van der Waals surface area contributed by atoms with Gasteiger partial charge in [-0.3, -0.25) is 0 Å². The molecule has 0 fully saturated rings. The van der Waals surface area contributed by atoms with Crippen molar-refractivity contribution in [3.05, 3.63) is 29.1 Å². The molecule has 0 saturated heterocycles. The third-order valence-electron chi connectivity index (χ3n) is 2.12. The number of rotatable bonds is 0. The first-order valence-corrected chi connectivity index (χ1v) is 4.63. The first-order valence-electron chi connectivity index (χ1n) is 3.85. The summed E-state index contributed by atoms with van der Waals surface area (Å²) in [5.41, 5.74) is 1.94. The molecule has 1 nitrogen and oxygen atoms in total. The maximum absolute atomic E-state index is 13.1. The average Bonchev–Trinajstić information content (AvgIpc) is 2.39. The van der Waals surface area contributed by atoms with E-state index in [9.17, 15) is 4.39 Å². The van der Waals surface area contributed by atoms with Crippen LogP contribution >= 0.6 is 11.9 Å². The standard InChI is InChI=1S/C9H10FNS/c1-6-7-5-11(2)12-9(7)4-3-8(6)10/h3-4H,5H2,1-2H3. The second-order valence-electron chi connectivity index (χ2n) is 3.03. The van der Waals surface area contributed by atoms with Crippen molar-refractivity contribution in [1.29, 1.82) is 0 Å². The number of nitrogens with zero attached hydrogens (tertiary/aromatic N) is 1. The van der Waals surface area contributed by atoms with Gasteiger partial charge in [0.25, 0.3) is 0 Å². The van der Waals surface area contributed by atoms with Gasteiger partial charge in [0.2, 0.25) is 0 Å². The Kier molecular flexibility index (Phi) is 1.85. The van der Waals surface area contributed by atoms with Crippen molar-refractivity contribution in [1.82, 2.24) is 4.31 Å². The molecular weight excluding hydrogens is 173 g/mol. The van der Waals surface area contributed by atoms with Gasteiger partial charge in [-0.25, -0.2) is 8.70 Å². The fraction of sp³-hybridized carbons (Fsp3) is 0.333. The van der Waals surface area contributed by atoms with E-state index in [-0.39, 0.29) is 5.82 Å². The van der Waals surface area contributed by atoms with Crippen molar-refractivity contribution in [2.24, 2.45) is 0 Å². The van der Waals surface area contributed by atoms with Crippen molar-refractivity contribution >= 4 is 11.9 Å². The van der Waals surface area contributed by atoms with Crippen molar-refractivity contribution in [2.75, 3.05) is 7.05 Å². The summed E-state index contributed by atoms with van der Waals surface area (Å²) in [6.45, 7) is 2.69. The molecule has 0 amide bonds. The topological polar surface area (TPSA) is 3.24 Å². The molecule has 0 bridgehead atoms. The Bertz CT molecular complexity index is 325. The quantitative estimate of drug-likeness (QED) is 0.569. The zero-order valence-electron chi connectivity index (χ0n) is 7.10. The Morgan fingerprint density at radius 2 is 2.25 bits per heavy atom. The van der Waals surface area contributed by atoms with Crippen molar-refractivity contribution < 1.29 is 4.39 Å². The van der Waals surface area contributed by atoms with Gasteiger partial charge in [-0.1, -0.05) is 0 Å². The predicted molar refractivity (Wildman–Crippen MR) is 48.5 cm³/mol. The Morgan fingerprint density at radius 3 is 3.00 bits per heavy atom. The Balaban J connectivity index is 2.54. The highest BCUT2D eigenvalue weighted by atomic mass is 32.2. The average molecular weight is 183 g/mol. The molecule has 64 valence electrons. The molecule has 0 spiro atoms. The normalized spacial score (nSPS) is 16.6. The van der Waals surface area contributed by atoms with Crippen LogP contribution in [0.3, 0.4) is 0 Å². The van der Waals surface area contributed by atoms with Crippen LogP contribution in [0, 0.1) is 12.7 Å². The molecule has 1 aromatic carbocycles. The van der Waals surface area contributed by atoms with Crippen LogP contribution in [0.1, 0.15) is 11.1 Å². The molecule has 1 aliphatic heterocycles. The summed E-state index contributed by atoms with van der Waals surface area (Å²) in [6, 6.07) is 3.40. The minimum absolute atomic E-state index is 0.0929. The van der Waals surface area contributed by atoms with E-state index in [0.717, 1.165) is 17.7 Å². The van der Waals surface area contributed by atoms with Gasteiger partial charge in [-0.15, -0.1) is 0 Å². The van der Waals surface area contributed by atoms with Crippen LogP contribution in [0.5, 0.6) is 0 Å². The number of fused-ring (bicyclic) bond motifs is 1. The van der Waals surface area contributed by atoms with E-state index in [1.807, 2.05) is 20.0 Å². The molecule has 0 aliphatic carbocycles. The number of halogens is 1. The molecule has 0 unspecified atom stereocenters. The summed E-state index contributed by atoms with van der Waals surface area (Å²) in [6.07, 6.45) is 0. The monoisotopic (exact) mass is 183 g/mol. The smallest absolute Gasteiger partial charge is 0.126 e. The van der Waals surface area contributed by atoms with Crippen molar-refractivity contribution in [2.45, 2.75) is 18.4 Å². The molecule has 3 heteroatoms. The molecule has 1 aromatic rings. The van der Waals surface area contributed by atoms with Gasteiger partial charge in [0.05, 0.1) is 0 Å². The number of hydrogen-bond acceptors (Lipinski definition) is 2. The van der Waals surface area contributed by atoms with E-state index in [4.69, 9.17) is 0 Å². The van der Waals surface area contributed by atoms with E-state index in [0.29, 0.717) is 0 Å². The summed E-state index contributed by atoms with van der Waals surface area (Å²) in [7, 11) is 2.02. The van der Waals surface area contributed by atoms with Gasteiger partial charge in [0.15, 0.2) is 0 Å². The predicted octanol–water partition coefficient (Wildman–Crippen LogP) is 2.59. The second kappa shape index (κ2) is 2.75. The van der Waals surface area contributed by atoms with E-state index in [2.05, 4.69) is 4.31 Å². The highest BCUT2D eigenvalue weighted by molar-refractivity contribution is 7.97. The minimum atomic E-state index is -0.0929. The van der Waals surface area contributed by atoms with Crippen molar-refractivity contribution in [3.8, 4) is 0 Å². The molecule has 0 radical (unpaired) electrons. The largest absolute Gasteiger partial charge is 0.245 e. The van der Waals surface area contributed by atoms with Gasteiger partial charge >= 0.3 is 0 Å². The SMILES string of the molecule is Cc1c(F)ccc2c1CN(C)S2. The molecule has 0 N–H and O–H groups in total. The second-order valence-corrected chi connectivity index (χ2v) is 4.27. The molecule has 2 rings (SSSR count). The van der Waals surface area contributed by atoms with Gasteiger partial charge in [0.1, 0.15) is 5.82 Å². The molecule has 1 aliphatic rings. The summed E-state index contributed by atoms with van der Waals surface area (Å²) in [4.78, 5) is 1.19. The maximum atomic E-state index is 13.1. The van der Waals surface area contributed by atoms with Gasteiger partial charge < -0.3 is 0 Å². The number of benzene rings is 1. The van der Waals surface area contributed by atoms with Gasteiger partial charge in [0, 0.05) is 11.4 Å². The third-order valence-corrected chi connectivity index (χ3v) is 3.14. The zero-order chi connectivity index (χ0) is 8.72. The van der Waals surface area contributed by atoms with Crippen LogP contribution in [0.15, 0.2) is 17.0 Å². The van der Waals surface area contributed by atoms with Gasteiger partial charge in [-0.05, 0) is 49.2 Å². The van der Waals surface area contributed by atoms with Crippen LogP contribution in [0.25, 0.3) is 0 Å². The summed E-state index contributed by atoms with van der Waals surface area (Å²) in [5.74, 6) is -0.0929. The maximum Gasteiger partial charge on any atom is 0.126 e. The highest BCUT2D eigenvalue weighted by Crippen LogP contribution is 2.36. The van der Waals surface area contributed by atoms with E-state index >= 15 is 0 Å². The van der Waals surface area contributed by atoms with Crippen LogP contribution in [0.2, 0.25) is 0 Å². The minimum Gasteiger partial charge on any atom is -0.245 e. The molecule has 12 heavy (non-hydrogen) atoms. The Labute approximate surface area is 75.7 Å². The van der Waals surface area contributed by atoms with Crippen molar-refractivity contribution in [3.63, 3.8) is 0 Å². The van der Waals surface area contributed by atoms with E-state index in [1.165, 1.54) is 4.90 Å². The molecular formula is C9H10FNS. The lowest BCUT2D eigenvalue weighted by Crippen LogP contribution is -2.01. The Morgan fingerprint density at radius 1 is 1.50 bits per heavy atom. The lowest BCUT2D eigenvalue weighted by atomic mass is 10.1. The third kappa shape index (κ3) is 1.13. The van der Waals surface area contributed by atoms with Crippen LogP contribution in [-0.4, -0.2) is 11.4 Å². The van der Waals surface area contributed by atoms with E-state index in [1.54, 1.807) is 18.0 Å². The highest BCUT2D eigenvalue weighted by Gasteiger charge is 2.19. The zero-order valence-corrected chi connectivity index (χ0v) is 7.91. The van der Waals surface area contributed by atoms with Crippen LogP contribution < -0.4 is 0 Å². The Hall–Kier alpha value is -0.540. The number of hydrogen-bond donors (Lipinski definition) is 0. The summed E-state index contributed by atoms with van der Waals surface area (Å²) < 4.78 is 15.2. The molecule has 0 atom stereocenters. The summed E-state index contributed by atoms with van der Waals surface area (Å²) >= 11 is 1.68. The van der Waals surface area contributed by atoms with Gasteiger partial charge in [-0.2, -0.15) is 0 Å². The lowest BCUT2D eigenvalue weighted by molar-refractivity contribution is 0.568. The molecule has 0 saturated carbocycles. The molecule has 0 aromatic heterocycles. The first kappa shape index (κ1) is 8.08. The summed E-state index contributed by atoms with van der Waals surface area (Å²) in [5, 5.41) is 0. The lowest BCUT2D eigenvalue weighted by Gasteiger charge is -2.02. The van der Waals surface area contributed by atoms with Crippen LogP contribution in [0.4, 0.5) is 4.39 Å². The first-order chi connectivity index (χ1) is 5.68.